The van der Waals surface area contributed by atoms with Gasteiger partial charge in [-0.05, 0) is 110 Å². The fraction of sp³-hybridized carbons (Fsp3) is 0.0182. The van der Waals surface area contributed by atoms with Crippen LogP contribution in [0.5, 0.6) is 0 Å². The molecular formula is C55H37NO. The van der Waals surface area contributed by atoms with Crippen LogP contribution in [-0.4, -0.2) is 0 Å². The summed E-state index contributed by atoms with van der Waals surface area (Å²) in [7, 11) is 0. The molecule has 10 aromatic rings. The fourth-order valence-corrected chi connectivity index (χ4v) is 9.21. The molecule has 1 aliphatic rings. The maximum Gasteiger partial charge on any atom is 0.137 e. The van der Waals surface area contributed by atoms with E-state index in [1.54, 1.807) is 0 Å². The molecule has 268 valence electrons. The van der Waals surface area contributed by atoms with E-state index in [1.165, 1.54) is 44.5 Å². The number of nitrogens with zero attached hydrogens (tertiary/aromatic N) is 1. The van der Waals surface area contributed by atoms with E-state index in [0.717, 1.165) is 50.1 Å². The van der Waals surface area contributed by atoms with Gasteiger partial charge in [0, 0.05) is 33.9 Å². The SMILES string of the molecule is c1ccc(-c2cc(-c3ccccc3)cc(N(c3ccccc3)c3ccc4c(c3)oc3ccc(C5(c6ccccc6)c6ccccc6-c6ccccc65)cc34)c2)cc1. The molecule has 0 fully saturated rings. The number of hydrogen-bond donors (Lipinski definition) is 0. The van der Waals surface area contributed by atoms with Crippen LogP contribution in [0.25, 0.3) is 55.3 Å². The zero-order valence-corrected chi connectivity index (χ0v) is 31.2. The van der Waals surface area contributed by atoms with Crippen LogP contribution in [0, 0.1) is 0 Å². The zero-order chi connectivity index (χ0) is 37.8. The van der Waals surface area contributed by atoms with Gasteiger partial charge in [0.1, 0.15) is 11.2 Å². The summed E-state index contributed by atoms with van der Waals surface area (Å²) in [6.07, 6.45) is 0. The Hall–Kier alpha value is -7.42. The molecule has 1 aromatic heterocycles. The molecule has 9 aromatic carbocycles. The molecule has 2 nitrogen and oxygen atoms in total. The van der Waals surface area contributed by atoms with E-state index < -0.39 is 5.41 Å². The standard InChI is InChI=1S/C55H37NO/c1-5-17-38(18-6-1)40-33-41(39-19-7-2-8-20-39)35-46(34-40)56(44-23-11-4-12-24-44)45-30-31-49-50-36-43(29-32-53(50)57-54(49)37-45)55(42-21-9-3-10-22-42)51-27-15-13-25-47(51)48-26-14-16-28-52(48)55/h1-37H. The van der Waals surface area contributed by atoms with Crippen molar-refractivity contribution in [2.24, 2.45) is 0 Å². The first-order chi connectivity index (χ1) is 28.3. The van der Waals surface area contributed by atoms with Crippen molar-refractivity contribution in [3.05, 3.63) is 247 Å². The Balaban J connectivity index is 1.10. The molecule has 0 aliphatic heterocycles. The molecule has 1 aliphatic carbocycles. The summed E-state index contributed by atoms with van der Waals surface area (Å²) in [4.78, 5) is 2.34. The number of fused-ring (bicyclic) bond motifs is 6. The van der Waals surface area contributed by atoms with E-state index in [-0.39, 0.29) is 0 Å². The molecule has 0 spiro atoms. The molecule has 0 saturated carbocycles. The van der Waals surface area contributed by atoms with Crippen molar-refractivity contribution < 1.29 is 4.42 Å². The molecule has 2 heteroatoms. The highest BCUT2D eigenvalue weighted by Crippen LogP contribution is 2.56. The van der Waals surface area contributed by atoms with Crippen molar-refractivity contribution in [1.82, 2.24) is 0 Å². The summed E-state index contributed by atoms with van der Waals surface area (Å²) in [5.74, 6) is 0. The van der Waals surface area contributed by atoms with Gasteiger partial charge in [0.15, 0.2) is 0 Å². The molecular weight excluding hydrogens is 691 g/mol. The Labute approximate surface area is 332 Å². The number of benzene rings is 9. The fourth-order valence-electron chi connectivity index (χ4n) is 9.21. The highest BCUT2D eigenvalue weighted by atomic mass is 16.3. The average molecular weight is 728 g/mol. The van der Waals surface area contributed by atoms with Gasteiger partial charge in [0.2, 0.25) is 0 Å². The molecule has 0 radical (unpaired) electrons. The molecule has 0 saturated heterocycles. The third kappa shape index (κ3) is 5.33. The normalized spacial score (nSPS) is 12.7. The van der Waals surface area contributed by atoms with Gasteiger partial charge in [-0.2, -0.15) is 0 Å². The van der Waals surface area contributed by atoms with Crippen LogP contribution in [0.1, 0.15) is 22.3 Å². The van der Waals surface area contributed by atoms with Gasteiger partial charge in [0.05, 0.1) is 5.41 Å². The van der Waals surface area contributed by atoms with Gasteiger partial charge in [-0.1, -0.05) is 164 Å². The van der Waals surface area contributed by atoms with Crippen LogP contribution in [0.15, 0.2) is 229 Å². The first kappa shape index (κ1) is 33.0. The highest BCUT2D eigenvalue weighted by Gasteiger charge is 2.46. The lowest BCUT2D eigenvalue weighted by molar-refractivity contribution is 0.668. The summed E-state index contributed by atoms with van der Waals surface area (Å²) < 4.78 is 6.77. The van der Waals surface area contributed by atoms with Gasteiger partial charge >= 0.3 is 0 Å². The minimum absolute atomic E-state index is 0.476. The second-order valence-electron chi connectivity index (χ2n) is 14.9. The average Bonchev–Trinajstić information content (AvgIpc) is 3.81. The number of para-hydroxylation sites is 1. The largest absolute Gasteiger partial charge is 0.456 e. The van der Waals surface area contributed by atoms with Gasteiger partial charge in [0.25, 0.3) is 0 Å². The van der Waals surface area contributed by atoms with Crippen LogP contribution in [0.2, 0.25) is 0 Å². The molecule has 0 atom stereocenters. The molecule has 11 rings (SSSR count). The van der Waals surface area contributed by atoms with Crippen molar-refractivity contribution in [2.45, 2.75) is 5.41 Å². The Bertz CT molecular complexity index is 2950. The molecule has 0 unspecified atom stereocenters. The van der Waals surface area contributed by atoms with E-state index in [9.17, 15) is 0 Å². The van der Waals surface area contributed by atoms with Crippen molar-refractivity contribution >= 4 is 39.0 Å². The molecule has 0 amide bonds. The van der Waals surface area contributed by atoms with Crippen LogP contribution in [-0.2, 0) is 5.41 Å². The van der Waals surface area contributed by atoms with Crippen LogP contribution >= 0.6 is 0 Å². The van der Waals surface area contributed by atoms with E-state index in [2.05, 4.69) is 229 Å². The van der Waals surface area contributed by atoms with Gasteiger partial charge in [-0.3, -0.25) is 0 Å². The van der Waals surface area contributed by atoms with E-state index in [4.69, 9.17) is 4.42 Å². The Kier molecular flexibility index (Phi) is 7.75. The van der Waals surface area contributed by atoms with Crippen LogP contribution in [0.4, 0.5) is 17.1 Å². The van der Waals surface area contributed by atoms with E-state index in [0.29, 0.717) is 0 Å². The summed E-state index contributed by atoms with van der Waals surface area (Å²) in [6.45, 7) is 0. The molecule has 1 heterocycles. The first-order valence-corrected chi connectivity index (χ1v) is 19.6. The minimum atomic E-state index is -0.476. The van der Waals surface area contributed by atoms with Crippen molar-refractivity contribution in [1.29, 1.82) is 0 Å². The third-order valence-corrected chi connectivity index (χ3v) is 11.7. The predicted octanol–water partition coefficient (Wildman–Crippen LogP) is 14.8. The quantitative estimate of drug-likeness (QED) is 0.163. The first-order valence-electron chi connectivity index (χ1n) is 19.6. The Morgan fingerprint density at radius 1 is 0.316 bits per heavy atom. The number of furan rings is 1. The molecule has 0 bridgehead atoms. The maximum absolute atomic E-state index is 6.77. The van der Waals surface area contributed by atoms with Crippen molar-refractivity contribution in [3.8, 4) is 33.4 Å². The smallest absolute Gasteiger partial charge is 0.137 e. The lowest BCUT2D eigenvalue weighted by Gasteiger charge is -2.33. The van der Waals surface area contributed by atoms with E-state index in [1.807, 2.05) is 0 Å². The summed E-state index contributed by atoms with van der Waals surface area (Å²) in [5, 5.41) is 2.20. The predicted molar refractivity (Wildman–Crippen MR) is 237 cm³/mol. The van der Waals surface area contributed by atoms with Gasteiger partial charge in [-0.15, -0.1) is 0 Å². The summed E-state index contributed by atoms with van der Waals surface area (Å²) in [6, 6.07) is 81.0. The van der Waals surface area contributed by atoms with Crippen LogP contribution in [0.3, 0.4) is 0 Å². The highest BCUT2D eigenvalue weighted by molar-refractivity contribution is 6.07. The second-order valence-corrected chi connectivity index (χ2v) is 14.9. The maximum atomic E-state index is 6.77. The van der Waals surface area contributed by atoms with Crippen LogP contribution < -0.4 is 4.90 Å². The molecule has 0 N–H and O–H groups in total. The molecule has 57 heavy (non-hydrogen) atoms. The Morgan fingerprint density at radius 2 is 0.860 bits per heavy atom. The van der Waals surface area contributed by atoms with E-state index >= 15 is 0 Å². The minimum Gasteiger partial charge on any atom is -0.456 e. The summed E-state index contributed by atoms with van der Waals surface area (Å²) >= 11 is 0. The third-order valence-electron chi connectivity index (χ3n) is 11.7. The number of hydrogen-bond acceptors (Lipinski definition) is 2. The van der Waals surface area contributed by atoms with Crippen molar-refractivity contribution in [3.63, 3.8) is 0 Å². The topological polar surface area (TPSA) is 16.4 Å². The Morgan fingerprint density at radius 3 is 1.47 bits per heavy atom. The van der Waals surface area contributed by atoms with Gasteiger partial charge < -0.3 is 9.32 Å². The summed E-state index contributed by atoms with van der Waals surface area (Å²) in [5.41, 5.74) is 16.7. The zero-order valence-electron chi connectivity index (χ0n) is 31.2. The lowest BCUT2D eigenvalue weighted by Crippen LogP contribution is -2.28. The van der Waals surface area contributed by atoms with Gasteiger partial charge in [-0.25, -0.2) is 0 Å². The lowest BCUT2D eigenvalue weighted by atomic mass is 9.67. The van der Waals surface area contributed by atoms with Crippen molar-refractivity contribution in [2.75, 3.05) is 4.90 Å². The number of rotatable bonds is 7. The monoisotopic (exact) mass is 727 g/mol. The second kappa shape index (κ2) is 13.4. The number of anilines is 3.